The largest absolute Gasteiger partial charge is 0.340 e. The van der Waals surface area contributed by atoms with Crippen LogP contribution in [-0.2, 0) is 0 Å². The molecule has 8 nitrogen and oxygen atoms in total. The number of nitrogens with one attached hydrogen (secondary N) is 2. The Balaban J connectivity index is 1.46. The molecule has 1 unspecified atom stereocenters. The van der Waals surface area contributed by atoms with Crippen LogP contribution in [0.4, 0.5) is 17.7 Å². The molecular weight excluding hydrogens is 352 g/mol. The third kappa shape index (κ3) is 3.17. The number of hydrogen-bond donors (Lipinski definition) is 2. The first kappa shape index (κ1) is 16.7. The Morgan fingerprint density at radius 1 is 1.21 bits per heavy atom. The van der Waals surface area contributed by atoms with Gasteiger partial charge in [0, 0.05) is 43.7 Å². The first-order valence-electron chi connectivity index (χ1n) is 9.55. The van der Waals surface area contributed by atoms with E-state index in [1.165, 1.54) is 5.56 Å². The molecule has 0 spiro atoms. The summed E-state index contributed by atoms with van der Waals surface area (Å²) in [5.74, 6) is 2.72. The van der Waals surface area contributed by atoms with Crippen LogP contribution >= 0.6 is 0 Å². The van der Waals surface area contributed by atoms with Crippen LogP contribution in [0, 0.1) is 6.92 Å². The maximum atomic E-state index is 4.83. The molecule has 1 aliphatic rings. The highest BCUT2D eigenvalue weighted by Crippen LogP contribution is 2.29. The van der Waals surface area contributed by atoms with E-state index in [4.69, 9.17) is 9.97 Å². The van der Waals surface area contributed by atoms with Crippen LogP contribution < -0.4 is 10.2 Å². The number of aromatic amines is 1. The Kier molecular flexibility index (Phi) is 4.16. The molecule has 8 heteroatoms. The summed E-state index contributed by atoms with van der Waals surface area (Å²) in [5.41, 5.74) is 3.07. The predicted molar refractivity (Wildman–Crippen MR) is 108 cm³/mol. The number of rotatable bonds is 4. The van der Waals surface area contributed by atoms with E-state index in [1.54, 1.807) is 0 Å². The fraction of sp³-hybridized carbons (Fsp3) is 0.300. The fourth-order valence-electron chi connectivity index (χ4n) is 3.80. The van der Waals surface area contributed by atoms with Crippen molar-refractivity contribution in [1.82, 2.24) is 29.5 Å². The van der Waals surface area contributed by atoms with Gasteiger partial charge in [-0.3, -0.25) is 14.5 Å². The summed E-state index contributed by atoms with van der Waals surface area (Å²) in [6.45, 7) is 3.80. The van der Waals surface area contributed by atoms with Crippen molar-refractivity contribution in [3.05, 3.63) is 60.2 Å². The summed E-state index contributed by atoms with van der Waals surface area (Å²) >= 11 is 0. The number of anilines is 3. The molecule has 5 rings (SSSR count). The normalized spacial score (nSPS) is 17.2. The quantitative estimate of drug-likeness (QED) is 0.570. The number of H-pyrrole nitrogens is 1. The van der Waals surface area contributed by atoms with Gasteiger partial charge in [-0.15, -0.1) is 0 Å². The second kappa shape index (κ2) is 6.95. The molecule has 5 heterocycles. The third-order valence-electron chi connectivity index (χ3n) is 5.19. The molecule has 0 amide bonds. The van der Waals surface area contributed by atoms with Crippen LogP contribution in [0.25, 0.3) is 5.65 Å². The summed E-state index contributed by atoms with van der Waals surface area (Å²) in [6, 6.07) is 10.1. The van der Waals surface area contributed by atoms with E-state index in [1.807, 2.05) is 54.2 Å². The Morgan fingerprint density at radius 3 is 3.00 bits per heavy atom. The SMILES string of the molecule is Cc1cc(Nc2nc(N3CCCC(c4cccnc4)C3)nc3cccn23)[nH]n1. The first-order chi connectivity index (χ1) is 13.8. The van der Waals surface area contributed by atoms with Crippen LogP contribution in [0.1, 0.15) is 30.0 Å². The molecule has 2 N–H and O–H groups in total. The number of nitrogens with zero attached hydrogens (tertiary/aromatic N) is 6. The summed E-state index contributed by atoms with van der Waals surface area (Å²) in [5, 5.41) is 10.5. The van der Waals surface area contributed by atoms with Gasteiger partial charge in [0.25, 0.3) is 0 Å². The zero-order valence-electron chi connectivity index (χ0n) is 15.7. The highest BCUT2D eigenvalue weighted by atomic mass is 15.3. The summed E-state index contributed by atoms with van der Waals surface area (Å²) in [4.78, 5) is 16.2. The average Bonchev–Trinajstić information content (AvgIpc) is 3.37. The van der Waals surface area contributed by atoms with Gasteiger partial charge in [0.05, 0.1) is 5.69 Å². The molecule has 142 valence electrons. The Labute approximate surface area is 162 Å². The lowest BCUT2D eigenvalue weighted by molar-refractivity contribution is 0.502. The van der Waals surface area contributed by atoms with Gasteiger partial charge in [0.15, 0.2) is 0 Å². The number of piperidine rings is 1. The van der Waals surface area contributed by atoms with Crippen molar-refractivity contribution in [1.29, 1.82) is 0 Å². The smallest absolute Gasteiger partial charge is 0.230 e. The number of fused-ring (bicyclic) bond motifs is 1. The second-order valence-electron chi connectivity index (χ2n) is 7.20. The van der Waals surface area contributed by atoms with E-state index in [0.717, 1.165) is 55.0 Å². The molecule has 1 aliphatic heterocycles. The molecule has 1 atom stereocenters. The summed E-state index contributed by atoms with van der Waals surface area (Å²) in [6.07, 6.45) is 8.02. The van der Waals surface area contributed by atoms with Crippen LogP contribution in [0.2, 0.25) is 0 Å². The summed E-state index contributed by atoms with van der Waals surface area (Å²) in [7, 11) is 0. The molecule has 0 bridgehead atoms. The molecule has 4 aromatic rings. The van der Waals surface area contributed by atoms with E-state index in [9.17, 15) is 0 Å². The molecule has 0 aliphatic carbocycles. The van der Waals surface area contributed by atoms with Crippen LogP contribution in [0.15, 0.2) is 48.9 Å². The fourth-order valence-corrected chi connectivity index (χ4v) is 3.80. The minimum absolute atomic E-state index is 0.445. The average molecular weight is 374 g/mol. The molecule has 1 saturated heterocycles. The Hall–Kier alpha value is -3.42. The number of pyridine rings is 1. The van der Waals surface area contributed by atoms with Crippen molar-refractivity contribution in [2.75, 3.05) is 23.3 Å². The lowest BCUT2D eigenvalue weighted by atomic mass is 9.92. The van der Waals surface area contributed by atoms with Gasteiger partial charge < -0.3 is 10.2 Å². The van der Waals surface area contributed by atoms with Gasteiger partial charge in [-0.1, -0.05) is 6.07 Å². The van der Waals surface area contributed by atoms with Gasteiger partial charge in [-0.2, -0.15) is 15.1 Å². The topological polar surface area (TPSA) is 87.0 Å². The number of aromatic nitrogens is 6. The van der Waals surface area contributed by atoms with Crippen LogP contribution in [-0.4, -0.2) is 42.6 Å². The van der Waals surface area contributed by atoms with E-state index in [0.29, 0.717) is 5.92 Å². The Morgan fingerprint density at radius 2 is 2.18 bits per heavy atom. The van der Waals surface area contributed by atoms with Gasteiger partial charge in [-0.05, 0) is 43.5 Å². The van der Waals surface area contributed by atoms with E-state index >= 15 is 0 Å². The minimum Gasteiger partial charge on any atom is -0.340 e. The van der Waals surface area contributed by atoms with Crippen molar-refractivity contribution in [2.24, 2.45) is 0 Å². The van der Waals surface area contributed by atoms with Crippen molar-refractivity contribution in [3.63, 3.8) is 0 Å². The summed E-state index contributed by atoms with van der Waals surface area (Å²) < 4.78 is 1.95. The van der Waals surface area contributed by atoms with Crippen molar-refractivity contribution < 1.29 is 0 Å². The van der Waals surface area contributed by atoms with Crippen LogP contribution in [0.5, 0.6) is 0 Å². The van der Waals surface area contributed by atoms with Crippen molar-refractivity contribution in [3.8, 4) is 0 Å². The lowest BCUT2D eigenvalue weighted by Crippen LogP contribution is -2.35. The zero-order chi connectivity index (χ0) is 18.9. The predicted octanol–water partition coefficient (Wildman–Crippen LogP) is 3.28. The monoisotopic (exact) mass is 374 g/mol. The highest BCUT2D eigenvalue weighted by molar-refractivity contribution is 5.57. The molecule has 1 fully saturated rings. The lowest BCUT2D eigenvalue weighted by Gasteiger charge is -2.33. The van der Waals surface area contributed by atoms with Gasteiger partial charge >= 0.3 is 0 Å². The minimum atomic E-state index is 0.445. The molecule has 4 aromatic heterocycles. The third-order valence-corrected chi connectivity index (χ3v) is 5.19. The molecule has 0 aromatic carbocycles. The van der Waals surface area contributed by atoms with E-state index in [2.05, 4.69) is 31.5 Å². The molecule has 0 saturated carbocycles. The van der Waals surface area contributed by atoms with Gasteiger partial charge in [0.2, 0.25) is 11.9 Å². The maximum absolute atomic E-state index is 4.83. The van der Waals surface area contributed by atoms with Crippen molar-refractivity contribution in [2.45, 2.75) is 25.7 Å². The van der Waals surface area contributed by atoms with Gasteiger partial charge in [-0.25, -0.2) is 0 Å². The number of aryl methyl sites for hydroxylation is 1. The number of hydrogen-bond acceptors (Lipinski definition) is 6. The Bertz CT molecular complexity index is 1080. The first-order valence-corrected chi connectivity index (χ1v) is 9.55. The van der Waals surface area contributed by atoms with Crippen molar-refractivity contribution >= 4 is 23.4 Å². The standard InChI is InChI=1S/C20H22N8/c1-14-11-17(26-25-14)22-20-24-19(23-18-7-4-10-28(18)20)27-9-3-6-16(13-27)15-5-2-8-21-12-15/h2,4-5,7-8,10-12,16H,3,6,9,13H2,1H3,(H2,22,23,24,25,26). The second-order valence-corrected chi connectivity index (χ2v) is 7.20. The molecular formula is C20H22N8. The van der Waals surface area contributed by atoms with Gasteiger partial charge in [0.1, 0.15) is 11.5 Å². The molecule has 0 radical (unpaired) electrons. The maximum Gasteiger partial charge on any atom is 0.230 e. The van der Waals surface area contributed by atoms with E-state index in [-0.39, 0.29) is 0 Å². The highest BCUT2D eigenvalue weighted by Gasteiger charge is 2.24. The molecule has 28 heavy (non-hydrogen) atoms. The van der Waals surface area contributed by atoms with E-state index < -0.39 is 0 Å². The van der Waals surface area contributed by atoms with Crippen LogP contribution in [0.3, 0.4) is 0 Å². The zero-order valence-corrected chi connectivity index (χ0v) is 15.7.